The van der Waals surface area contributed by atoms with E-state index in [-0.39, 0.29) is 0 Å². The lowest BCUT2D eigenvalue weighted by Gasteiger charge is -2.14. The third kappa shape index (κ3) is 4.20. The third-order valence-electron chi connectivity index (χ3n) is 8.38. The predicted molar refractivity (Wildman–Crippen MR) is 180 cm³/mol. The topological polar surface area (TPSA) is 17.0 Å². The van der Waals surface area contributed by atoms with E-state index in [4.69, 9.17) is 0 Å². The Morgan fingerprint density at radius 2 is 1.21 bits per heavy atom. The fraction of sp³-hybridized carbons (Fsp3) is 0.0500. The zero-order chi connectivity index (χ0) is 27.9. The number of hydrogen-bond acceptors (Lipinski definition) is 1. The molecule has 8 rings (SSSR count). The van der Waals surface area contributed by atoms with Crippen molar-refractivity contribution in [2.24, 2.45) is 0 Å². The predicted octanol–water partition coefficient (Wildman–Crippen LogP) is 11.2. The van der Waals surface area contributed by atoms with Gasteiger partial charge in [-0.1, -0.05) is 109 Å². The van der Waals surface area contributed by atoms with Gasteiger partial charge in [0.05, 0.1) is 11.0 Å². The first-order chi connectivity index (χ1) is 20.8. The minimum absolute atomic E-state index is 1.07. The average Bonchev–Trinajstić information content (AvgIpc) is 3.39. The standard InChI is InChI=1S/C40H30N2/c1-3-11-28(12-4-1)34-18-9-13-30-14-10-19-35(40(30)34)29-21-23-31(24-22-29)41-32-25-26-39-37(27-32)36-17-7-8-20-38(36)42(39)33-15-5-2-6-16-33/h1,3-5,7-27,41H,2,6H2. The number of aromatic nitrogens is 1. The van der Waals surface area contributed by atoms with E-state index in [0.717, 1.165) is 24.2 Å². The SMILES string of the molecule is C1=CC(n2c3ccccc3c3cc(Nc4ccc(-c5cccc6cccc(-c7ccccc7)c56)cc4)ccc32)=CCC1. The molecular weight excluding hydrogens is 508 g/mol. The third-order valence-corrected chi connectivity index (χ3v) is 8.38. The summed E-state index contributed by atoms with van der Waals surface area (Å²) in [6.45, 7) is 0. The van der Waals surface area contributed by atoms with Gasteiger partial charge in [-0.05, 0) is 88.3 Å². The van der Waals surface area contributed by atoms with Crippen LogP contribution in [0.5, 0.6) is 0 Å². The molecule has 0 fully saturated rings. The summed E-state index contributed by atoms with van der Waals surface area (Å²) >= 11 is 0. The molecule has 0 bridgehead atoms. The molecule has 0 radical (unpaired) electrons. The van der Waals surface area contributed by atoms with Gasteiger partial charge in [0, 0.05) is 27.8 Å². The van der Waals surface area contributed by atoms with E-state index < -0.39 is 0 Å². The van der Waals surface area contributed by atoms with Gasteiger partial charge in [-0.2, -0.15) is 0 Å². The minimum atomic E-state index is 1.07. The summed E-state index contributed by atoms with van der Waals surface area (Å²) in [5.74, 6) is 0. The zero-order valence-corrected chi connectivity index (χ0v) is 23.3. The Morgan fingerprint density at radius 1 is 0.524 bits per heavy atom. The van der Waals surface area contributed by atoms with Crippen LogP contribution in [-0.4, -0.2) is 4.57 Å². The highest BCUT2D eigenvalue weighted by atomic mass is 15.0. The number of fused-ring (bicyclic) bond motifs is 4. The van der Waals surface area contributed by atoms with Crippen LogP contribution in [0.15, 0.2) is 152 Å². The van der Waals surface area contributed by atoms with Crippen molar-refractivity contribution in [2.45, 2.75) is 12.8 Å². The first-order valence-electron chi connectivity index (χ1n) is 14.7. The number of benzene rings is 6. The first kappa shape index (κ1) is 24.5. The second-order valence-corrected chi connectivity index (χ2v) is 11.0. The molecule has 1 aromatic heterocycles. The molecule has 1 aliphatic carbocycles. The van der Waals surface area contributed by atoms with Crippen LogP contribution in [0, 0.1) is 0 Å². The highest BCUT2D eigenvalue weighted by molar-refractivity contribution is 6.11. The maximum Gasteiger partial charge on any atom is 0.0542 e. The lowest BCUT2D eigenvalue weighted by molar-refractivity contribution is 1.02. The average molecular weight is 539 g/mol. The molecule has 7 aromatic rings. The zero-order valence-electron chi connectivity index (χ0n) is 23.3. The monoisotopic (exact) mass is 538 g/mol. The summed E-state index contributed by atoms with van der Waals surface area (Å²) in [5, 5.41) is 8.74. The van der Waals surface area contributed by atoms with Crippen molar-refractivity contribution >= 4 is 49.7 Å². The molecule has 1 heterocycles. The fourth-order valence-electron chi connectivity index (χ4n) is 6.43. The van der Waals surface area contributed by atoms with E-state index >= 15 is 0 Å². The summed E-state index contributed by atoms with van der Waals surface area (Å²) in [5.41, 5.74) is 10.9. The number of anilines is 2. The molecule has 42 heavy (non-hydrogen) atoms. The quantitative estimate of drug-likeness (QED) is 0.231. The van der Waals surface area contributed by atoms with Crippen LogP contribution in [0.1, 0.15) is 12.8 Å². The molecule has 2 heteroatoms. The molecule has 1 N–H and O–H groups in total. The summed E-state index contributed by atoms with van der Waals surface area (Å²) < 4.78 is 2.40. The molecule has 0 saturated heterocycles. The van der Waals surface area contributed by atoms with Crippen LogP contribution in [-0.2, 0) is 0 Å². The Balaban J connectivity index is 1.15. The summed E-state index contributed by atoms with van der Waals surface area (Å²) in [4.78, 5) is 0. The Labute approximate surface area is 245 Å². The fourth-order valence-corrected chi connectivity index (χ4v) is 6.43. The molecule has 200 valence electrons. The van der Waals surface area contributed by atoms with Crippen molar-refractivity contribution in [3.8, 4) is 22.3 Å². The van der Waals surface area contributed by atoms with Gasteiger partial charge in [-0.25, -0.2) is 0 Å². The number of nitrogens with zero attached hydrogens (tertiary/aromatic N) is 1. The summed E-state index contributed by atoms with van der Waals surface area (Å²) in [6, 6.07) is 48.1. The van der Waals surface area contributed by atoms with Gasteiger partial charge < -0.3 is 9.88 Å². The van der Waals surface area contributed by atoms with Crippen molar-refractivity contribution < 1.29 is 0 Å². The van der Waals surface area contributed by atoms with Crippen molar-refractivity contribution in [3.63, 3.8) is 0 Å². The highest BCUT2D eigenvalue weighted by Gasteiger charge is 2.14. The van der Waals surface area contributed by atoms with E-state index in [2.05, 4.69) is 162 Å². The van der Waals surface area contributed by atoms with Crippen molar-refractivity contribution in [1.29, 1.82) is 0 Å². The van der Waals surface area contributed by atoms with Crippen LogP contribution in [0.2, 0.25) is 0 Å². The van der Waals surface area contributed by atoms with Gasteiger partial charge in [0.1, 0.15) is 0 Å². The van der Waals surface area contributed by atoms with Crippen LogP contribution in [0.3, 0.4) is 0 Å². The van der Waals surface area contributed by atoms with Crippen LogP contribution >= 0.6 is 0 Å². The number of rotatable bonds is 5. The molecule has 0 unspecified atom stereocenters. The molecule has 0 spiro atoms. The van der Waals surface area contributed by atoms with Gasteiger partial charge in [0.25, 0.3) is 0 Å². The van der Waals surface area contributed by atoms with Crippen LogP contribution in [0.25, 0.3) is 60.5 Å². The smallest absolute Gasteiger partial charge is 0.0542 e. The van der Waals surface area contributed by atoms with E-state index in [1.165, 1.54) is 60.5 Å². The molecule has 0 amide bonds. The largest absolute Gasteiger partial charge is 0.356 e. The van der Waals surface area contributed by atoms with Crippen LogP contribution < -0.4 is 5.32 Å². The Bertz CT molecular complexity index is 2140. The molecule has 0 saturated carbocycles. The van der Waals surface area contributed by atoms with Gasteiger partial charge in [0.15, 0.2) is 0 Å². The van der Waals surface area contributed by atoms with E-state index in [9.17, 15) is 0 Å². The van der Waals surface area contributed by atoms with E-state index in [1.807, 2.05) is 0 Å². The van der Waals surface area contributed by atoms with Gasteiger partial charge >= 0.3 is 0 Å². The lowest BCUT2D eigenvalue weighted by atomic mass is 9.91. The molecule has 0 atom stereocenters. The Hall–Kier alpha value is -5.34. The summed E-state index contributed by atoms with van der Waals surface area (Å²) in [7, 11) is 0. The van der Waals surface area contributed by atoms with Crippen LogP contribution in [0.4, 0.5) is 11.4 Å². The van der Waals surface area contributed by atoms with Crippen molar-refractivity contribution in [3.05, 3.63) is 152 Å². The summed E-state index contributed by atoms with van der Waals surface area (Å²) in [6.07, 6.45) is 9.07. The molecule has 2 nitrogen and oxygen atoms in total. The maximum atomic E-state index is 3.66. The van der Waals surface area contributed by atoms with Gasteiger partial charge in [-0.15, -0.1) is 0 Å². The van der Waals surface area contributed by atoms with E-state index in [1.54, 1.807) is 0 Å². The Morgan fingerprint density at radius 3 is 1.98 bits per heavy atom. The maximum absolute atomic E-state index is 3.66. The first-order valence-corrected chi connectivity index (χ1v) is 14.7. The van der Waals surface area contributed by atoms with Gasteiger partial charge in [0.2, 0.25) is 0 Å². The molecule has 0 aliphatic heterocycles. The number of nitrogens with one attached hydrogen (secondary N) is 1. The Kier molecular flexibility index (Phi) is 5.97. The molecule has 6 aromatic carbocycles. The normalized spacial score (nSPS) is 13.1. The molecular formula is C40H30N2. The van der Waals surface area contributed by atoms with Gasteiger partial charge in [-0.3, -0.25) is 0 Å². The van der Waals surface area contributed by atoms with Crippen molar-refractivity contribution in [2.75, 3.05) is 5.32 Å². The van der Waals surface area contributed by atoms with Crippen molar-refractivity contribution in [1.82, 2.24) is 4.57 Å². The number of para-hydroxylation sites is 1. The number of hydrogen-bond donors (Lipinski definition) is 1. The lowest BCUT2D eigenvalue weighted by Crippen LogP contribution is -1.97. The number of allylic oxidation sites excluding steroid dienone is 4. The molecule has 1 aliphatic rings. The second kappa shape index (κ2) is 10.2. The second-order valence-electron chi connectivity index (χ2n) is 11.0. The minimum Gasteiger partial charge on any atom is -0.356 e. The highest BCUT2D eigenvalue weighted by Crippen LogP contribution is 2.38. The van der Waals surface area contributed by atoms with E-state index in [0.29, 0.717) is 0 Å².